The number of aromatic amines is 1. The molecule has 3 nitrogen and oxygen atoms in total. The summed E-state index contributed by atoms with van der Waals surface area (Å²) in [5, 5.41) is 10.1. The van der Waals surface area contributed by atoms with Crippen LogP contribution in [-0.4, -0.2) is 16.5 Å². The molecule has 3 rings (SSSR count). The van der Waals surface area contributed by atoms with Crippen LogP contribution >= 0.6 is 0 Å². The van der Waals surface area contributed by atoms with Gasteiger partial charge in [-0.1, -0.05) is 30.3 Å². The number of H-pyrrole nitrogens is 1. The van der Waals surface area contributed by atoms with Crippen molar-refractivity contribution in [2.24, 2.45) is 0 Å². The van der Waals surface area contributed by atoms with E-state index in [1.807, 2.05) is 30.3 Å². The Balaban J connectivity index is 1.79. The van der Waals surface area contributed by atoms with Crippen LogP contribution in [0.3, 0.4) is 0 Å². The summed E-state index contributed by atoms with van der Waals surface area (Å²) >= 11 is 0. The first-order valence-corrected chi connectivity index (χ1v) is 6.89. The molecule has 0 aliphatic heterocycles. The highest BCUT2D eigenvalue weighted by molar-refractivity contribution is 5.84. The molecule has 5 heteroatoms. The third kappa shape index (κ3) is 2.94. The molecule has 0 spiro atoms. The number of aliphatic hydroxyl groups is 1. The molecule has 0 saturated heterocycles. The largest absolute Gasteiger partial charge is 0.489 e. The molecule has 3 aromatic rings. The number of benzene rings is 2. The van der Waals surface area contributed by atoms with Gasteiger partial charge in [0.25, 0.3) is 6.43 Å². The minimum atomic E-state index is -2.81. The van der Waals surface area contributed by atoms with Gasteiger partial charge < -0.3 is 14.8 Å². The van der Waals surface area contributed by atoms with Crippen LogP contribution < -0.4 is 4.74 Å². The van der Waals surface area contributed by atoms with E-state index in [1.165, 1.54) is 6.20 Å². The van der Waals surface area contributed by atoms with Crippen molar-refractivity contribution in [1.29, 1.82) is 0 Å². The Morgan fingerprint density at radius 3 is 2.59 bits per heavy atom. The van der Waals surface area contributed by atoms with Crippen molar-refractivity contribution in [3.8, 4) is 5.75 Å². The predicted octanol–water partition coefficient (Wildman–Crippen LogP) is 4.05. The molecule has 1 atom stereocenters. The molecule has 0 aliphatic rings. The normalized spacial score (nSPS) is 12.7. The zero-order chi connectivity index (χ0) is 15.5. The van der Waals surface area contributed by atoms with Crippen LogP contribution in [0.2, 0.25) is 0 Å². The maximum Gasteiger partial charge on any atom is 0.268 e. The Labute approximate surface area is 126 Å². The fourth-order valence-electron chi connectivity index (χ4n) is 2.34. The molecule has 0 saturated carbocycles. The van der Waals surface area contributed by atoms with Crippen molar-refractivity contribution in [1.82, 2.24) is 4.98 Å². The topological polar surface area (TPSA) is 45.2 Å². The van der Waals surface area contributed by atoms with Crippen molar-refractivity contribution in [3.63, 3.8) is 0 Å². The van der Waals surface area contributed by atoms with Crippen molar-refractivity contribution in [2.45, 2.75) is 19.1 Å². The van der Waals surface area contributed by atoms with E-state index in [2.05, 4.69) is 4.98 Å². The van der Waals surface area contributed by atoms with Crippen LogP contribution in [0, 0.1) is 0 Å². The monoisotopic (exact) mass is 303 g/mol. The van der Waals surface area contributed by atoms with E-state index in [9.17, 15) is 13.9 Å². The molecule has 0 bridgehead atoms. The van der Waals surface area contributed by atoms with Gasteiger partial charge in [0, 0.05) is 28.7 Å². The minimum Gasteiger partial charge on any atom is -0.489 e. The summed E-state index contributed by atoms with van der Waals surface area (Å²) in [5.41, 5.74) is 1.89. The summed E-state index contributed by atoms with van der Waals surface area (Å²) < 4.78 is 30.9. The molecule has 0 radical (unpaired) electrons. The lowest BCUT2D eigenvalue weighted by Crippen LogP contribution is -2.07. The van der Waals surface area contributed by atoms with Crippen LogP contribution in [0.4, 0.5) is 8.78 Å². The molecule has 2 aromatic carbocycles. The van der Waals surface area contributed by atoms with Gasteiger partial charge >= 0.3 is 0 Å². The van der Waals surface area contributed by atoms with Crippen molar-refractivity contribution in [3.05, 3.63) is 65.9 Å². The van der Waals surface area contributed by atoms with Crippen molar-refractivity contribution >= 4 is 10.9 Å². The molecule has 1 aromatic heterocycles. The predicted molar refractivity (Wildman–Crippen MR) is 80.0 cm³/mol. The number of rotatable bonds is 5. The lowest BCUT2D eigenvalue weighted by atomic mass is 10.1. The lowest BCUT2D eigenvalue weighted by Gasteiger charge is -2.09. The minimum absolute atomic E-state index is 0.194. The number of aliphatic hydroxyl groups excluding tert-OH is 1. The third-order valence-corrected chi connectivity index (χ3v) is 3.49. The van der Waals surface area contributed by atoms with Gasteiger partial charge in [0.1, 0.15) is 18.5 Å². The third-order valence-electron chi connectivity index (χ3n) is 3.49. The molecule has 22 heavy (non-hydrogen) atoms. The summed E-state index contributed by atoms with van der Waals surface area (Å²) in [6, 6.07) is 14.8. The van der Waals surface area contributed by atoms with Crippen LogP contribution in [0.5, 0.6) is 5.75 Å². The molecular formula is C17H15F2NO2. The zero-order valence-corrected chi connectivity index (χ0v) is 11.7. The van der Waals surface area contributed by atoms with Gasteiger partial charge in [0.15, 0.2) is 0 Å². The van der Waals surface area contributed by atoms with E-state index >= 15 is 0 Å². The summed E-state index contributed by atoms with van der Waals surface area (Å²) in [4.78, 5) is 2.89. The second kappa shape index (κ2) is 6.15. The van der Waals surface area contributed by atoms with Crippen LogP contribution in [-0.2, 0) is 6.61 Å². The second-order valence-corrected chi connectivity index (χ2v) is 5.00. The molecular weight excluding hydrogens is 288 g/mol. The highest BCUT2D eigenvalue weighted by Crippen LogP contribution is 2.30. The molecule has 0 amide bonds. The molecule has 0 fully saturated rings. The smallest absolute Gasteiger partial charge is 0.268 e. The Hall–Kier alpha value is -2.40. The maximum absolute atomic E-state index is 12.6. The van der Waals surface area contributed by atoms with Crippen LogP contribution in [0.15, 0.2) is 54.7 Å². The number of hydrogen-bond acceptors (Lipinski definition) is 2. The van der Waals surface area contributed by atoms with Gasteiger partial charge in [0.2, 0.25) is 0 Å². The van der Waals surface area contributed by atoms with Gasteiger partial charge in [0.05, 0.1) is 0 Å². The van der Waals surface area contributed by atoms with Crippen molar-refractivity contribution in [2.75, 3.05) is 0 Å². The average Bonchev–Trinajstić information content (AvgIpc) is 2.96. The second-order valence-electron chi connectivity index (χ2n) is 5.00. The molecule has 1 unspecified atom stereocenters. The highest BCUT2D eigenvalue weighted by Gasteiger charge is 2.22. The van der Waals surface area contributed by atoms with Gasteiger partial charge in [-0.05, 0) is 17.7 Å². The van der Waals surface area contributed by atoms with Gasteiger partial charge in [-0.3, -0.25) is 0 Å². The maximum atomic E-state index is 12.6. The number of fused-ring (bicyclic) bond motifs is 1. The van der Waals surface area contributed by atoms with E-state index in [4.69, 9.17) is 4.74 Å². The molecule has 2 N–H and O–H groups in total. The number of ether oxygens (including phenoxy) is 1. The summed E-state index contributed by atoms with van der Waals surface area (Å²) in [6.45, 7) is 0.430. The number of aromatic nitrogens is 1. The van der Waals surface area contributed by atoms with E-state index < -0.39 is 12.5 Å². The Morgan fingerprint density at radius 2 is 1.86 bits per heavy atom. The molecule has 1 heterocycles. The molecule has 0 aliphatic carbocycles. The summed E-state index contributed by atoms with van der Waals surface area (Å²) in [5.74, 6) is 0.635. The van der Waals surface area contributed by atoms with Crippen LogP contribution in [0.25, 0.3) is 10.9 Å². The van der Waals surface area contributed by atoms with Gasteiger partial charge in [-0.15, -0.1) is 0 Å². The van der Waals surface area contributed by atoms with E-state index in [1.54, 1.807) is 18.2 Å². The van der Waals surface area contributed by atoms with E-state index in [-0.39, 0.29) is 5.56 Å². The van der Waals surface area contributed by atoms with Gasteiger partial charge in [-0.25, -0.2) is 8.78 Å². The summed E-state index contributed by atoms with van der Waals surface area (Å²) in [6.07, 6.45) is -3.19. The van der Waals surface area contributed by atoms with E-state index in [0.29, 0.717) is 23.3 Å². The number of nitrogens with one attached hydrogen (secondary N) is 1. The standard InChI is InChI=1S/C17H15F2NO2/c18-17(19)16(21)14-9-20-15-8-12(6-7-13(14)15)22-10-11-4-2-1-3-5-11/h1-9,16-17,20-21H,10H2. The summed E-state index contributed by atoms with van der Waals surface area (Å²) in [7, 11) is 0. The number of alkyl halides is 2. The number of hydrogen-bond donors (Lipinski definition) is 2. The highest BCUT2D eigenvalue weighted by atomic mass is 19.3. The van der Waals surface area contributed by atoms with E-state index in [0.717, 1.165) is 5.56 Å². The Morgan fingerprint density at radius 1 is 1.09 bits per heavy atom. The van der Waals surface area contributed by atoms with Crippen molar-refractivity contribution < 1.29 is 18.6 Å². The Bertz CT molecular complexity index is 756. The lowest BCUT2D eigenvalue weighted by molar-refractivity contribution is -0.00494. The Kier molecular flexibility index (Phi) is 4.06. The first kappa shape index (κ1) is 14.5. The fraction of sp³-hybridized carbons (Fsp3) is 0.176. The average molecular weight is 303 g/mol. The fourth-order valence-corrected chi connectivity index (χ4v) is 2.34. The zero-order valence-electron chi connectivity index (χ0n) is 11.7. The SMILES string of the molecule is OC(c1c[nH]c2cc(OCc3ccccc3)ccc12)C(F)F. The van der Waals surface area contributed by atoms with Gasteiger partial charge in [-0.2, -0.15) is 0 Å². The molecule has 114 valence electrons. The first-order valence-electron chi connectivity index (χ1n) is 6.89. The first-order chi connectivity index (χ1) is 10.6. The number of halogens is 2. The quantitative estimate of drug-likeness (QED) is 0.747. The van der Waals surface area contributed by atoms with Crippen LogP contribution in [0.1, 0.15) is 17.2 Å².